The number of carbonyl (C=O) groups excluding carboxylic acids is 3. The number of benzene rings is 5. The van der Waals surface area contributed by atoms with Gasteiger partial charge in [-0.3, -0.25) is 18.9 Å². The van der Waals surface area contributed by atoms with E-state index in [1.807, 2.05) is 152 Å². The minimum atomic E-state index is -4.85. The summed E-state index contributed by atoms with van der Waals surface area (Å²) >= 11 is 1.21. The Morgan fingerprint density at radius 3 is 1.83 bits per heavy atom. The molecule has 3 N–H and O–H groups in total. The molecule has 6 aromatic rings. The molecule has 326 valence electrons. The number of nitrogens with zero attached hydrogens (tertiary/aromatic N) is 4. The number of likely N-dealkylation sites (N-methyl/N-ethyl adjacent to an activating group) is 1. The van der Waals surface area contributed by atoms with Crippen LogP contribution in [0.15, 0.2) is 174 Å². The Morgan fingerprint density at radius 1 is 0.844 bits per heavy atom. The lowest BCUT2D eigenvalue weighted by molar-refractivity contribution is -0.143. The van der Waals surface area contributed by atoms with Crippen LogP contribution in [0.3, 0.4) is 0 Å². The predicted octanol–water partition coefficient (Wildman–Crippen LogP) is 6.71. The van der Waals surface area contributed by atoms with Crippen molar-refractivity contribution in [1.29, 1.82) is 0 Å². The minimum Gasteiger partial charge on any atom is -0.476 e. The second kappa shape index (κ2) is 18.7. The molecular weight excluding hydrogens is 853 g/mol. The first-order chi connectivity index (χ1) is 30.9. The van der Waals surface area contributed by atoms with E-state index >= 15 is 0 Å². The molecular formula is C48H44N6O8S2. The van der Waals surface area contributed by atoms with Gasteiger partial charge in [0.25, 0.3) is 11.8 Å². The van der Waals surface area contributed by atoms with Crippen molar-refractivity contribution in [3.05, 3.63) is 203 Å². The molecule has 64 heavy (non-hydrogen) atoms. The molecule has 2 amide bonds. The Kier molecular flexibility index (Phi) is 12.7. The van der Waals surface area contributed by atoms with Crippen LogP contribution in [-0.4, -0.2) is 82.2 Å². The van der Waals surface area contributed by atoms with Crippen molar-refractivity contribution in [2.45, 2.75) is 43.1 Å². The molecule has 16 heteroatoms. The molecule has 0 spiro atoms. The number of oxime groups is 1. The van der Waals surface area contributed by atoms with Gasteiger partial charge in [0.15, 0.2) is 16.6 Å². The number of amides is 2. The molecule has 8 rings (SSSR count). The molecule has 5 aromatic carbocycles. The number of aromatic nitrogens is 1. The molecule has 1 unspecified atom stereocenters. The Morgan fingerprint density at radius 2 is 1.34 bits per heavy atom. The van der Waals surface area contributed by atoms with E-state index in [0.29, 0.717) is 5.13 Å². The zero-order chi connectivity index (χ0) is 44.8. The highest BCUT2D eigenvalue weighted by atomic mass is 32.2. The SMILES string of the molecule is C[C@H]1[C@H](NC(=O)/C(=N\OCC2CC(=O)C(OC(c3ccccc3)c3ccccc3)=CN2C)c2csc(NC(c3ccccc3)(c3ccccc3)c3ccccc3)n2)C(=O)N1S(=O)(=O)O. The van der Waals surface area contributed by atoms with Crippen LogP contribution >= 0.6 is 11.3 Å². The third-order valence-corrected chi connectivity index (χ3v) is 13.0. The molecule has 3 atom stereocenters. The van der Waals surface area contributed by atoms with Crippen molar-refractivity contribution in [2.75, 3.05) is 19.0 Å². The zero-order valence-electron chi connectivity index (χ0n) is 34.7. The molecule has 2 aliphatic heterocycles. The first-order valence-corrected chi connectivity index (χ1v) is 22.7. The summed E-state index contributed by atoms with van der Waals surface area (Å²) in [6, 6.07) is 46.0. The van der Waals surface area contributed by atoms with Gasteiger partial charge in [-0.15, -0.1) is 11.3 Å². The van der Waals surface area contributed by atoms with Crippen molar-refractivity contribution in [1.82, 2.24) is 19.5 Å². The van der Waals surface area contributed by atoms with Crippen molar-refractivity contribution < 1.29 is 36.9 Å². The highest BCUT2D eigenvalue weighted by molar-refractivity contribution is 7.84. The van der Waals surface area contributed by atoms with Crippen molar-refractivity contribution >= 4 is 50.1 Å². The smallest absolute Gasteiger partial charge is 0.362 e. The van der Waals surface area contributed by atoms with E-state index < -0.39 is 51.9 Å². The van der Waals surface area contributed by atoms with Crippen LogP contribution in [0.2, 0.25) is 0 Å². The number of β-lactam (4-membered cyclic amide) rings is 1. The summed E-state index contributed by atoms with van der Waals surface area (Å²) < 4.78 is 39.9. The number of Topliss-reactive ketones (excluding diaryl/α,β-unsaturated/α-hetero) is 1. The maximum Gasteiger partial charge on any atom is 0.362 e. The lowest BCUT2D eigenvalue weighted by atomic mass is 9.77. The Hall–Kier alpha value is -7.14. The van der Waals surface area contributed by atoms with Gasteiger partial charge < -0.3 is 25.1 Å². The highest BCUT2D eigenvalue weighted by Gasteiger charge is 2.52. The first kappa shape index (κ1) is 43.5. The van der Waals surface area contributed by atoms with E-state index in [4.69, 9.17) is 14.6 Å². The number of hydrogen-bond donors (Lipinski definition) is 3. The molecule has 3 heterocycles. The summed E-state index contributed by atoms with van der Waals surface area (Å²) in [5.74, 6) is -1.97. The van der Waals surface area contributed by atoms with E-state index in [0.717, 1.165) is 27.8 Å². The fourth-order valence-corrected chi connectivity index (χ4v) is 9.53. The van der Waals surface area contributed by atoms with Gasteiger partial charge in [-0.1, -0.05) is 157 Å². The molecule has 1 fully saturated rings. The number of thiazole rings is 1. The molecule has 2 aliphatic rings. The van der Waals surface area contributed by atoms with E-state index in [9.17, 15) is 27.4 Å². The van der Waals surface area contributed by atoms with E-state index in [2.05, 4.69) is 15.8 Å². The summed E-state index contributed by atoms with van der Waals surface area (Å²) in [5, 5.41) is 12.5. The number of hydrogen-bond acceptors (Lipinski definition) is 12. The van der Waals surface area contributed by atoms with Gasteiger partial charge in [-0.05, 0) is 34.7 Å². The van der Waals surface area contributed by atoms with E-state index in [1.165, 1.54) is 18.3 Å². The summed E-state index contributed by atoms with van der Waals surface area (Å²) in [6.07, 6.45) is 1.10. The minimum absolute atomic E-state index is 0.0144. The molecule has 1 aromatic heterocycles. The Balaban J connectivity index is 1.08. The van der Waals surface area contributed by atoms with Crippen LogP contribution in [0.25, 0.3) is 0 Å². The number of carbonyl (C=O) groups is 3. The van der Waals surface area contributed by atoms with Gasteiger partial charge in [-0.25, -0.2) is 9.29 Å². The fraction of sp³-hybridized carbons (Fsp3) is 0.188. The Bertz CT molecular complexity index is 2640. The molecule has 14 nitrogen and oxygen atoms in total. The number of rotatable bonds is 16. The molecule has 1 saturated heterocycles. The third-order valence-electron chi connectivity index (χ3n) is 11.2. The highest BCUT2D eigenvalue weighted by Crippen LogP contribution is 2.41. The van der Waals surface area contributed by atoms with E-state index in [-0.39, 0.29) is 40.3 Å². The van der Waals surface area contributed by atoms with Crippen molar-refractivity contribution in [3.8, 4) is 0 Å². The average Bonchev–Trinajstić information content (AvgIpc) is 3.78. The van der Waals surface area contributed by atoms with Gasteiger partial charge in [0.1, 0.15) is 30.0 Å². The van der Waals surface area contributed by atoms with Gasteiger partial charge in [0.05, 0.1) is 12.1 Å². The second-order valence-corrected chi connectivity index (χ2v) is 17.5. The van der Waals surface area contributed by atoms with Crippen molar-refractivity contribution in [2.24, 2.45) is 5.16 Å². The predicted molar refractivity (Wildman–Crippen MR) is 242 cm³/mol. The van der Waals surface area contributed by atoms with Gasteiger partial charge in [0, 0.05) is 25.0 Å². The zero-order valence-corrected chi connectivity index (χ0v) is 36.4. The fourth-order valence-electron chi connectivity index (χ4n) is 7.89. The van der Waals surface area contributed by atoms with Crippen molar-refractivity contribution in [3.63, 3.8) is 0 Å². The number of ketones is 1. The summed E-state index contributed by atoms with van der Waals surface area (Å²) in [7, 11) is -3.07. The second-order valence-electron chi connectivity index (χ2n) is 15.3. The monoisotopic (exact) mass is 896 g/mol. The third kappa shape index (κ3) is 9.02. The maximum atomic E-state index is 14.1. The molecule has 0 aliphatic carbocycles. The van der Waals surface area contributed by atoms with Crippen LogP contribution in [0.5, 0.6) is 0 Å². The summed E-state index contributed by atoms with van der Waals surface area (Å²) in [5.41, 5.74) is 3.36. The molecule has 0 bridgehead atoms. The standard InChI is InChI=1S/C48H44N6O8S2/c1-32-42(46(57)54(32)64(58,59)60)50-45(56)43(52-61-30-38-28-40(55)41(29-53(38)2)62-44(33-18-8-3-9-19-33)34-20-10-4-11-21-34)39-31-63-47(49-39)51-48(35-22-12-5-13-23-35,36-24-14-6-15-25-36)37-26-16-7-17-27-37/h3-27,29,31-32,38,42,44H,28,30H2,1-2H3,(H,49,51)(H,50,56)(H,58,59,60)/b52-43-/t32-,38?,42-/m0/s1. The summed E-state index contributed by atoms with van der Waals surface area (Å²) in [4.78, 5) is 53.0. The summed E-state index contributed by atoms with van der Waals surface area (Å²) in [6.45, 7) is 1.24. The van der Waals surface area contributed by atoms with Crippen LogP contribution in [0.1, 0.15) is 53.0 Å². The largest absolute Gasteiger partial charge is 0.476 e. The number of allylic oxidation sites excluding steroid dienone is 1. The maximum absolute atomic E-state index is 14.1. The number of nitrogens with one attached hydrogen (secondary N) is 2. The van der Waals surface area contributed by atoms with Gasteiger partial charge in [0.2, 0.25) is 5.78 Å². The number of anilines is 1. The lowest BCUT2D eigenvalue weighted by Gasteiger charge is -2.42. The topological polar surface area (TPSA) is 180 Å². The first-order valence-electron chi connectivity index (χ1n) is 20.4. The van der Waals surface area contributed by atoms with Crippen LogP contribution in [0.4, 0.5) is 5.13 Å². The van der Waals surface area contributed by atoms with E-state index in [1.54, 1.807) is 23.5 Å². The lowest BCUT2D eigenvalue weighted by Crippen LogP contribution is -2.71. The molecule has 0 saturated carbocycles. The van der Waals surface area contributed by atoms with Crippen LogP contribution < -0.4 is 10.6 Å². The van der Waals surface area contributed by atoms with Crippen LogP contribution in [-0.2, 0) is 39.8 Å². The van der Waals surface area contributed by atoms with Gasteiger partial charge in [-0.2, -0.15) is 8.42 Å². The Labute approximate surface area is 374 Å². The molecule has 0 radical (unpaired) electrons. The average molecular weight is 897 g/mol. The normalized spacial score (nSPS) is 18.0. The van der Waals surface area contributed by atoms with Gasteiger partial charge >= 0.3 is 10.3 Å². The van der Waals surface area contributed by atoms with Crippen LogP contribution in [0, 0.1) is 0 Å². The number of ether oxygens (including phenoxy) is 1. The quantitative estimate of drug-likeness (QED) is 0.0309.